The Bertz CT molecular complexity index is 537. The molecular formula is C15H19F4NO2. The highest BCUT2D eigenvalue weighted by molar-refractivity contribution is 5.70. The fourth-order valence-corrected chi connectivity index (χ4v) is 2.35. The van der Waals surface area contributed by atoms with Crippen LogP contribution in [0.3, 0.4) is 0 Å². The van der Waals surface area contributed by atoms with Gasteiger partial charge in [0.25, 0.3) is 0 Å². The van der Waals surface area contributed by atoms with Crippen LogP contribution in [0.4, 0.5) is 17.6 Å². The number of aliphatic carboxylic acids is 1. The van der Waals surface area contributed by atoms with Crippen molar-refractivity contribution in [2.45, 2.75) is 32.6 Å². The van der Waals surface area contributed by atoms with Gasteiger partial charge in [-0.15, -0.1) is 0 Å². The van der Waals surface area contributed by atoms with Gasteiger partial charge in [0.05, 0.1) is 5.92 Å². The van der Waals surface area contributed by atoms with E-state index >= 15 is 0 Å². The first kappa shape index (κ1) is 18.4. The van der Waals surface area contributed by atoms with E-state index in [4.69, 9.17) is 10.8 Å². The average Bonchev–Trinajstić information content (AvgIpc) is 2.49. The van der Waals surface area contributed by atoms with Crippen molar-refractivity contribution in [1.29, 1.82) is 0 Å². The second kappa shape index (κ2) is 8.12. The Morgan fingerprint density at radius 1 is 1.23 bits per heavy atom. The molecule has 0 aliphatic rings. The molecule has 124 valence electrons. The summed E-state index contributed by atoms with van der Waals surface area (Å²) in [5.74, 6) is -8.30. The van der Waals surface area contributed by atoms with Crippen LogP contribution in [0.1, 0.15) is 31.7 Å². The lowest BCUT2D eigenvalue weighted by atomic mass is 9.88. The Kier molecular flexibility index (Phi) is 6.80. The van der Waals surface area contributed by atoms with Crippen molar-refractivity contribution in [3.63, 3.8) is 0 Å². The molecule has 0 saturated carbocycles. The Morgan fingerprint density at radius 2 is 1.86 bits per heavy atom. The Labute approximate surface area is 126 Å². The van der Waals surface area contributed by atoms with Gasteiger partial charge in [0.1, 0.15) is 0 Å². The molecule has 0 aliphatic carbocycles. The van der Waals surface area contributed by atoms with E-state index in [0.29, 0.717) is 25.3 Å². The summed E-state index contributed by atoms with van der Waals surface area (Å²) >= 11 is 0. The van der Waals surface area contributed by atoms with Crippen LogP contribution in [0.2, 0.25) is 0 Å². The van der Waals surface area contributed by atoms with Crippen LogP contribution in [0, 0.1) is 35.1 Å². The number of aryl methyl sites for hydroxylation is 1. The van der Waals surface area contributed by atoms with Gasteiger partial charge in [0, 0.05) is 6.54 Å². The first-order chi connectivity index (χ1) is 10.3. The summed E-state index contributed by atoms with van der Waals surface area (Å²) in [6.45, 7) is 1.82. The third kappa shape index (κ3) is 4.43. The number of nitrogens with two attached hydrogens (primary N) is 1. The monoisotopic (exact) mass is 321 g/mol. The molecule has 0 aromatic heterocycles. The van der Waals surface area contributed by atoms with Crippen LogP contribution in [0.25, 0.3) is 0 Å². The molecule has 0 aliphatic heterocycles. The van der Waals surface area contributed by atoms with Gasteiger partial charge in [-0.2, -0.15) is 0 Å². The van der Waals surface area contributed by atoms with Crippen LogP contribution >= 0.6 is 0 Å². The molecule has 0 radical (unpaired) electrons. The molecule has 7 heteroatoms. The molecule has 2 unspecified atom stereocenters. The van der Waals surface area contributed by atoms with Gasteiger partial charge in [0.15, 0.2) is 23.3 Å². The molecule has 3 N–H and O–H groups in total. The van der Waals surface area contributed by atoms with Gasteiger partial charge < -0.3 is 10.8 Å². The lowest BCUT2D eigenvalue weighted by molar-refractivity contribution is -0.142. The number of carboxylic acids is 1. The molecule has 0 fully saturated rings. The minimum atomic E-state index is -1.83. The Morgan fingerprint density at radius 3 is 2.36 bits per heavy atom. The Hall–Kier alpha value is -1.63. The third-order valence-electron chi connectivity index (χ3n) is 3.83. The minimum Gasteiger partial charge on any atom is -0.481 e. The molecule has 0 bridgehead atoms. The van der Waals surface area contributed by atoms with Gasteiger partial charge in [-0.25, -0.2) is 17.6 Å². The first-order valence-corrected chi connectivity index (χ1v) is 7.06. The van der Waals surface area contributed by atoms with Crippen molar-refractivity contribution < 1.29 is 27.5 Å². The Balaban J connectivity index is 2.77. The van der Waals surface area contributed by atoms with Crippen molar-refractivity contribution in [2.24, 2.45) is 17.6 Å². The largest absolute Gasteiger partial charge is 0.481 e. The van der Waals surface area contributed by atoms with E-state index in [-0.39, 0.29) is 24.4 Å². The second-order valence-corrected chi connectivity index (χ2v) is 5.28. The van der Waals surface area contributed by atoms with Gasteiger partial charge >= 0.3 is 5.97 Å². The van der Waals surface area contributed by atoms with Gasteiger partial charge in [-0.05, 0) is 36.8 Å². The molecule has 0 amide bonds. The number of benzene rings is 1. The molecule has 3 nitrogen and oxygen atoms in total. The maximum Gasteiger partial charge on any atom is 0.307 e. The van der Waals surface area contributed by atoms with E-state index in [9.17, 15) is 22.4 Å². The molecule has 0 saturated heterocycles. The van der Waals surface area contributed by atoms with E-state index in [0.717, 1.165) is 0 Å². The molecular weight excluding hydrogens is 302 g/mol. The summed E-state index contributed by atoms with van der Waals surface area (Å²) in [5, 5.41) is 8.97. The van der Waals surface area contributed by atoms with Crippen LogP contribution in [0.15, 0.2) is 6.07 Å². The standard InChI is InChI=1S/C15H19F4NO2/c1-2-8(5-10(7-20)15(21)22)3-4-9-6-11(16)13(18)14(19)12(9)17/h6,8,10H,2-5,7,20H2,1H3,(H,21,22). The second-order valence-electron chi connectivity index (χ2n) is 5.28. The van der Waals surface area contributed by atoms with E-state index in [1.807, 2.05) is 6.92 Å². The summed E-state index contributed by atoms with van der Waals surface area (Å²) in [7, 11) is 0. The van der Waals surface area contributed by atoms with E-state index in [1.165, 1.54) is 0 Å². The summed E-state index contributed by atoms with van der Waals surface area (Å²) in [5.41, 5.74) is 5.13. The number of carbonyl (C=O) groups is 1. The zero-order valence-electron chi connectivity index (χ0n) is 12.2. The number of halogens is 4. The summed E-state index contributed by atoms with van der Waals surface area (Å²) < 4.78 is 52.7. The van der Waals surface area contributed by atoms with Crippen molar-refractivity contribution in [2.75, 3.05) is 6.54 Å². The zero-order valence-corrected chi connectivity index (χ0v) is 12.2. The minimum absolute atomic E-state index is 0.00459. The first-order valence-electron chi connectivity index (χ1n) is 7.06. The summed E-state index contributed by atoms with van der Waals surface area (Å²) in [6.07, 6.45) is 1.25. The van der Waals surface area contributed by atoms with Gasteiger partial charge in [-0.1, -0.05) is 13.3 Å². The molecule has 1 aromatic carbocycles. The topological polar surface area (TPSA) is 63.3 Å². The molecule has 0 heterocycles. The predicted molar refractivity (Wildman–Crippen MR) is 73.2 cm³/mol. The van der Waals surface area contributed by atoms with Crippen molar-refractivity contribution in [3.05, 3.63) is 34.9 Å². The fourth-order valence-electron chi connectivity index (χ4n) is 2.35. The molecule has 0 spiro atoms. The van der Waals surface area contributed by atoms with Crippen LogP contribution in [-0.2, 0) is 11.2 Å². The molecule has 1 rings (SSSR count). The SMILES string of the molecule is CCC(CCc1cc(F)c(F)c(F)c1F)CC(CN)C(=O)O. The normalized spacial score (nSPS) is 13.9. The summed E-state index contributed by atoms with van der Waals surface area (Å²) in [6, 6.07) is 0.637. The van der Waals surface area contributed by atoms with E-state index < -0.39 is 35.2 Å². The zero-order chi connectivity index (χ0) is 16.9. The fraction of sp³-hybridized carbons (Fsp3) is 0.533. The smallest absolute Gasteiger partial charge is 0.307 e. The maximum absolute atomic E-state index is 13.6. The quantitative estimate of drug-likeness (QED) is 0.439. The van der Waals surface area contributed by atoms with Crippen LogP contribution < -0.4 is 5.73 Å². The van der Waals surface area contributed by atoms with Crippen LogP contribution in [0.5, 0.6) is 0 Å². The number of carboxylic acid groups (broad SMARTS) is 1. The van der Waals surface area contributed by atoms with Crippen molar-refractivity contribution >= 4 is 5.97 Å². The maximum atomic E-state index is 13.6. The van der Waals surface area contributed by atoms with E-state index in [1.54, 1.807) is 0 Å². The average molecular weight is 321 g/mol. The molecule has 2 atom stereocenters. The van der Waals surface area contributed by atoms with Crippen molar-refractivity contribution in [3.8, 4) is 0 Å². The van der Waals surface area contributed by atoms with E-state index in [2.05, 4.69) is 0 Å². The highest BCUT2D eigenvalue weighted by atomic mass is 19.2. The summed E-state index contributed by atoms with van der Waals surface area (Å²) in [4.78, 5) is 11.0. The van der Waals surface area contributed by atoms with Gasteiger partial charge in [-0.3, -0.25) is 4.79 Å². The number of hydrogen-bond acceptors (Lipinski definition) is 2. The third-order valence-corrected chi connectivity index (χ3v) is 3.83. The predicted octanol–water partition coefficient (Wildman–Crippen LogP) is 3.25. The molecule has 1 aromatic rings. The highest BCUT2D eigenvalue weighted by Crippen LogP contribution is 2.25. The number of hydrogen-bond donors (Lipinski definition) is 2. The lowest BCUT2D eigenvalue weighted by Crippen LogP contribution is -2.26. The van der Waals surface area contributed by atoms with Crippen molar-refractivity contribution in [1.82, 2.24) is 0 Å². The molecule has 22 heavy (non-hydrogen) atoms. The lowest BCUT2D eigenvalue weighted by Gasteiger charge is -2.19. The highest BCUT2D eigenvalue weighted by Gasteiger charge is 2.22. The number of rotatable bonds is 8. The van der Waals surface area contributed by atoms with Crippen LogP contribution in [-0.4, -0.2) is 17.6 Å². The van der Waals surface area contributed by atoms with Gasteiger partial charge in [0.2, 0.25) is 0 Å².